The SMILES string of the molecule is CCCCCCCCCCCOC(=O)CCCCCCCCC(=O)Oc1cccc(Cl)c1Cl. The van der Waals surface area contributed by atoms with E-state index >= 15 is 0 Å². The molecule has 1 aromatic rings. The second-order valence-corrected chi connectivity index (χ2v) is 9.48. The summed E-state index contributed by atoms with van der Waals surface area (Å²) in [5.41, 5.74) is 0. The van der Waals surface area contributed by atoms with Gasteiger partial charge >= 0.3 is 11.9 Å². The number of halogens is 2. The zero-order valence-corrected chi connectivity index (χ0v) is 21.9. The van der Waals surface area contributed by atoms with E-state index < -0.39 is 0 Å². The van der Waals surface area contributed by atoms with E-state index in [-0.39, 0.29) is 17.0 Å². The number of hydrogen-bond acceptors (Lipinski definition) is 4. The second kappa shape index (κ2) is 20.1. The normalized spacial score (nSPS) is 10.9. The fourth-order valence-electron chi connectivity index (χ4n) is 3.65. The fourth-order valence-corrected chi connectivity index (χ4v) is 3.98. The van der Waals surface area contributed by atoms with E-state index in [1.807, 2.05) is 0 Å². The van der Waals surface area contributed by atoms with Crippen LogP contribution in [0.3, 0.4) is 0 Å². The number of ether oxygens (including phenoxy) is 2. The van der Waals surface area contributed by atoms with Gasteiger partial charge in [-0.3, -0.25) is 9.59 Å². The van der Waals surface area contributed by atoms with Gasteiger partial charge in [0.1, 0.15) is 5.02 Å². The number of hydrogen-bond donors (Lipinski definition) is 0. The molecule has 0 unspecified atom stereocenters. The van der Waals surface area contributed by atoms with Crippen molar-refractivity contribution in [3.05, 3.63) is 28.2 Å². The summed E-state index contributed by atoms with van der Waals surface area (Å²) in [4.78, 5) is 23.7. The van der Waals surface area contributed by atoms with Crippen LogP contribution in [0.4, 0.5) is 0 Å². The summed E-state index contributed by atoms with van der Waals surface area (Å²) in [7, 11) is 0. The van der Waals surface area contributed by atoms with Gasteiger partial charge in [-0.25, -0.2) is 0 Å². The highest BCUT2D eigenvalue weighted by atomic mass is 35.5. The van der Waals surface area contributed by atoms with Gasteiger partial charge in [-0.2, -0.15) is 0 Å². The lowest BCUT2D eigenvalue weighted by molar-refractivity contribution is -0.144. The highest BCUT2D eigenvalue weighted by molar-refractivity contribution is 6.43. The van der Waals surface area contributed by atoms with E-state index in [2.05, 4.69) is 6.92 Å². The van der Waals surface area contributed by atoms with Crippen LogP contribution in [0, 0.1) is 0 Å². The van der Waals surface area contributed by atoms with Gasteiger partial charge in [0.15, 0.2) is 5.75 Å². The van der Waals surface area contributed by atoms with Crippen LogP contribution >= 0.6 is 23.2 Å². The van der Waals surface area contributed by atoms with Gasteiger partial charge in [-0.1, -0.05) is 113 Å². The van der Waals surface area contributed by atoms with Crippen LogP contribution in [0.5, 0.6) is 5.75 Å². The molecule has 1 rings (SSSR count). The summed E-state index contributed by atoms with van der Waals surface area (Å²) in [5, 5.41) is 0.633. The van der Waals surface area contributed by atoms with E-state index in [4.69, 9.17) is 32.7 Å². The zero-order chi connectivity index (χ0) is 24.2. The topological polar surface area (TPSA) is 52.6 Å². The predicted octanol–water partition coefficient (Wildman–Crippen LogP) is 9.09. The maximum atomic E-state index is 11.9. The molecule has 0 bridgehead atoms. The maximum Gasteiger partial charge on any atom is 0.311 e. The average Bonchev–Trinajstić information content (AvgIpc) is 2.80. The monoisotopic (exact) mass is 500 g/mol. The molecule has 0 heterocycles. The van der Waals surface area contributed by atoms with Gasteiger partial charge in [0.25, 0.3) is 0 Å². The summed E-state index contributed by atoms with van der Waals surface area (Å²) in [6.45, 7) is 2.80. The van der Waals surface area contributed by atoms with E-state index in [9.17, 15) is 9.59 Å². The Kier molecular flexibility index (Phi) is 18.2. The van der Waals surface area contributed by atoms with Crippen LogP contribution in [0.25, 0.3) is 0 Å². The highest BCUT2D eigenvalue weighted by Crippen LogP contribution is 2.31. The standard InChI is InChI=1S/C27H42Cl2O4/c1-2-3-4-5-6-7-10-13-16-22-32-25(30)20-14-11-8-9-12-15-21-26(31)33-24-19-17-18-23(28)27(24)29/h17-19H,2-16,20-22H2,1H3. The molecule has 6 heteroatoms. The van der Waals surface area contributed by atoms with Gasteiger partial charge in [0.2, 0.25) is 0 Å². The van der Waals surface area contributed by atoms with Crippen molar-refractivity contribution in [2.24, 2.45) is 0 Å². The van der Waals surface area contributed by atoms with Gasteiger partial charge in [0.05, 0.1) is 11.6 Å². The van der Waals surface area contributed by atoms with Crippen molar-refractivity contribution >= 4 is 35.1 Å². The number of carbonyl (C=O) groups excluding carboxylic acids is 2. The number of unbranched alkanes of at least 4 members (excludes halogenated alkanes) is 13. The largest absolute Gasteiger partial charge is 0.466 e. The molecule has 0 atom stereocenters. The minimum absolute atomic E-state index is 0.0722. The number of benzene rings is 1. The lowest BCUT2D eigenvalue weighted by Gasteiger charge is -2.07. The average molecular weight is 502 g/mol. The van der Waals surface area contributed by atoms with Gasteiger partial charge in [0, 0.05) is 12.8 Å². The van der Waals surface area contributed by atoms with E-state index in [0.717, 1.165) is 51.4 Å². The second-order valence-electron chi connectivity index (χ2n) is 8.70. The van der Waals surface area contributed by atoms with Crippen LogP contribution in [-0.4, -0.2) is 18.5 Å². The van der Waals surface area contributed by atoms with E-state index in [1.165, 1.54) is 44.9 Å². The zero-order valence-electron chi connectivity index (χ0n) is 20.3. The molecule has 1 aromatic carbocycles. The first-order chi connectivity index (χ1) is 16.0. The Labute approximate surface area is 210 Å². The molecule has 0 aromatic heterocycles. The van der Waals surface area contributed by atoms with Gasteiger partial charge in [-0.05, 0) is 31.4 Å². The molecule has 33 heavy (non-hydrogen) atoms. The van der Waals surface area contributed by atoms with Gasteiger partial charge in [-0.15, -0.1) is 0 Å². The quantitative estimate of drug-likeness (QED) is 0.102. The third-order valence-corrected chi connectivity index (χ3v) is 6.46. The Morgan fingerprint density at radius 1 is 0.697 bits per heavy atom. The maximum absolute atomic E-state index is 11.9. The molecule has 0 N–H and O–H groups in total. The summed E-state index contributed by atoms with van der Waals surface area (Å²) in [6.07, 6.45) is 18.0. The number of carbonyl (C=O) groups is 2. The first kappa shape index (κ1) is 29.8. The molecule has 0 aliphatic carbocycles. The third-order valence-electron chi connectivity index (χ3n) is 5.66. The Balaban J connectivity index is 1.87. The minimum atomic E-state index is -0.297. The van der Waals surface area contributed by atoms with Crippen LogP contribution in [0.2, 0.25) is 10.0 Å². The Morgan fingerprint density at radius 2 is 1.21 bits per heavy atom. The number of rotatable bonds is 20. The van der Waals surface area contributed by atoms with Crippen molar-refractivity contribution < 1.29 is 19.1 Å². The van der Waals surface area contributed by atoms with Crippen molar-refractivity contribution in [2.45, 2.75) is 116 Å². The minimum Gasteiger partial charge on any atom is -0.466 e. The van der Waals surface area contributed by atoms with Crippen LogP contribution < -0.4 is 4.74 Å². The van der Waals surface area contributed by atoms with Crippen molar-refractivity contribution in [3.8, 4) is 5.75 Å². The Hall–Kier alpha value is -1.26. The van der Waals surface area contributed by atoms with Crippen LogP contribution in [-0.2, 0) is 14.3 Å². The molecule has 188 valence electrons. The van der Waals surface area contributed by atoms with E-state index in [0.29, 0.717) is 30.2 Å². The molecule has 4 nitrogen and oxygen atoms in total. The molecule has 0 radical (unpaired) electrons. The molecule has 0 spiro atoms. The van der Waals surface area contributed by atoms with Crippen LogP contribution in [0.1, 0.15) is 116 Å². The van der Waals surface area contributed by atoms with Crippen molar-refractivity contribution in [2.75, 3.05) is 6.61 Å². The molecular weight excluding hydrogens is 459 g/mol. The first-order valence-electron chi connectivity index (χ1n) is 12.8. The molecule has 0 amide bonds. The van der Waals surface area contributed by atoms with Crippen molar-refractivity contribution in [1.82, 2.24) is 0 Å². The predicted molar refractivity (Wildman–Crippen MR) is 137 cm³/mol. The molecule has 0 aliphatic heterocycles. The smallest absolute Gasteiger partial charge is 0.311 e. The highest BCUT2D eigenvalue weighted by Gasteiger charge is 2.10. The lowest BCUT2D eigenvalue weighted by atomic mass is 10.1. The summed E-state index contributed by atoms with van der Waals surface area (Å²) < 4.78 is 10.6. The van der Waals surface area contributed by atoms with Crippen molar-refractivity contribution in [1.29, 1.82) is 0 Å². The number of esters is 2. The summed E-state index contributed by atoms with van der Waals surface area (Å²) >= 11 is 11.9. The fraction of sp³-hybridized carbons (Fsp3) is 0.704. The van der Waals surface area contributed by atoms with Crippen molar-refractivity contribution in [3.63, 3.8) is 0 Å². The first-order valence-corrected chi connectivity index (χ1v) is 13.6. The summed E-state index contributed by atoms with van der Waals surface area (Å²) in [5.74, 6) is -0.0651. The molecule has 0 fully saturated rings. The van der Waals surface area contributed by atoms with Crippen LogP contribution in [0.15, 0.2) is 18.2 Å². The molecular formula is C27H42Cl2O4. The summed E-state index contributed by atoms with van der Waals surface area (Å²) in [6, 6.07) is 4.98. The lowest BCUT2D eigenvalue weighted by Crippen LogP contribution is -2.07. The van der Waals surface area contributed by atoms with Gasteiger partial charge < -0.3 is 9.47 Å². The van der Waals surface area contributed by atoms with E-state index in [1.54, 1.807) is 18.2 Å². The Bertz CT molecular complexity index is 664. The third kappa shape index (κ3) is 16.1. The molecule has 0 aliphatic rings. The molecule has 0 saturated heterocycles. The Morgan fingerprint density at radius 3 is 1.82 bits per heavy atom. The molecule has 0 saturated carbocycles.